The highest BCUT2D eigenvalue weighted by Crippen LogP contribution is 2.03. The van der Waals surface area contributed by atoms with Crippen molar-refractivity contribution < 1.29 is 14.3 Å². The SMILES string of the molecule is COC(=O)CC(=O)CCCCC#C[Si](C)(C)C. The van der Waals surface area contributed by atoms with Crippen LogP contribution in [-0.2, 0) is 14.3 Å². The maximum Gasteiger partial charge on any atom is 0.313 e. The van der Waals surface area contributed by atoms with Crippen molar-refractivity contribution in [2.75, 3.05) is 7.11 Å². The van der Waals surface area contributed by atoms with Gasteiger partial charge >= 0.3 is 5.97 Å². The second kappa shape index (κ2) is 8.07. The van der Waals surface area contributed by atoms with Crippen molar-refractivity contribution in [3.63, 3.8) is 0 Å². The van der Waals surface area contributed by atoms with Crippen molar-refractivity contribution in [3.8, 4) is 11.5 Å². The monoisotopic (exact) mass is 254 g/mol. The van der Waals surface area contributed by atoms with Gasteiger partial charge in [0.05, 0.1) is 7.11 Å². The minimum Gasteiger partial charge on any atom is -0.469 e. The number of ketones is 1. The molecule has 0 spiro atoms. The fraction of sp³-hybridized carbons (Fsp3) is 0.692. The molecule has 17 heavy (non-hydrogen) atoms. The van der Waals surface area contributed by atoms with Gasteiger partial charge < -0.3 is 4.74 Å². The van der Waals surface area contributed by atoms with Crippen LogP contribution in [0.2, 0.25) is 19.6 Å². The van der Waals surface area contributed by atoms with Crippen molar-refractivity contribution in [2.24, 2.45) is 0 Å². The number of carbonyl (C=O) groups is 2. The third-order valence-electron chi connectivity index (χ3n) is 2.04. The van der Waals surface area contributed by atoms with E-state index in [0.29, 0.717) is 6.42 Å². The zero-order valence-corrected chi connectivity index (χ0v) is 12.3. The van der Waals surface area contributed by atoms with Crippen LogP contribution in [-0.4, -0.2) is 26.9 Å². The topological polar surface area (TPSA) is 43.4 Å². The van der Waals surface area contributed by atoms with Gasteiger partial charge in [-0.05, 0) is 12.8 Å². The summed E-state index contributed by atoms with van der Waals surface area (Å²) in [5.41, 5.74) is 3.28. The molecule has 0 aromatic carbocycles. The van der Waals surface area contributed by atoms with E-state index in [2.05, 4.69) is 35.8 Å². The number of methoxy groups -OCH3 is 1. The first kappa shape index (κ1) is 15.9. The quantitative estimate of drug-likeness (QED) is 0.240. The zero-order chi connectivity index (χ0) is 13.3. The Balaban J connectivity index is 3.61. The minimum atomic E-state index is -1.26. The molecule has 0 aliphatic carbocycles. The minimum absolute atomic E-state index is 0.0463. The Morgan fingerprint density at radius 3 is 2.35 bits per heavy atom. The lowest BCUT2D eigenvalue weighted by Gasteiger charge is -2.03. The number of Topliss-reactive ketones (excluding diaryl/α,β-unsaturated/α-hetero) is 1. The molecule has 0 aromatic rings. The van der Waals surface area contributed by atoms with Gasteiger partial charge in [-0.2, -0.15) is 0 Å². The molecule has 0 atom stereocenters. The third-order valence-corrected chi connectivity index (χ3v) is 2.97. The lowest BCUT2D eigenvalue weighted by Crippen LogP contribution is -2.16. The van der Waals surface area contributed by atoms with E-state index in [-0.39, 0.29) is 12.2 Å². The normalized spacial score (nSPS) is 10.4. The molecule has 0 saturated heterocycles. The fourth-order valence-electron chi connectivity index (χ4n) is 1.18. The largest absolute Gasteiger partial charge is 0.469 e. The highest BCUT2D eigenvalue weighted by molar-refractivity contribution is 6.83. The number of esters is 1. The van der Waals surface area contributed by atoms with Crippen LogP contribution in [0.15, 0.2) is 0 Å². The summed E-state index contributed by atoms with van der Waals surface area (Å²) in [6.45, 7) is 6.62. The van der Waals surface area contributed by atoms with Gasteiger partial charge in [0.2, 0.25) is 0 Å². The van der Waals surface area contributed by atoms with Crippen LogP contribution in [0, 0.1) is 11.5 Å². The summed E-state index contributed by atoms with van der Waals surface area (Å²) < 4.78 is 4.43. The van der Waals surface area contributed by atoms with Crippen LogP contribution in [0.4, 0.5) is 0 Å². The molecule has 0 fully saturated rings. The number of hydrogen-bond donors (Lipinski definition) is 0. The maximum absolute atomic E-state index is 11.3. The molecule has 0 heterocycles. The number of ether oxygens (including phenoxy) is 1. The number of unbranched alkanes of at least 4 members (excludes halogenated alkanes) is 2. The van der Waals surface area contributed by atoms with Crippen molar-refractivity contribution in [1.82, 2.24) is 0 Å². The summed E-state index contributed by atoms with van der Waals surface area (Å²) in [4.78, 5) is 22.1. The molecule has 0 aliphatic rings. The Kier molecular flexibility index (Phi) is 7.56. The van der Waals surface area contributed by atoms with Crippen LogP contribution < -0.4 is 0 Å². The van der Waals surface area contributed by atoms with Gasteiger partial charge in [-0.3, -0.25) is 9.59 Å². The first-order valence-corrected chi connectivity index (χ1v) is 9.43. The smallest absolute Gasteiger partial charge is 0.313 e. The molecule has 0 radical (unpaired) electrons. The third kappa shape index (κ3) is 11.2. The summed E-state index contributed by atoms with van der Waals surface area (Å²) in [5, 5.41) is 0. The summed E-state index contributed by atoms with van der Waals surface area (Å²) in [6, 6.07) is 0. The molecule has 0 N–H and O–H groups in total. The fourth-order valence-corrected chi connectivity index (χ4v) is 1.84. The molecule has 0 aliphatic heterocycles. The van der Waals surface area contributed by atoms with Gasteiger partial charge in [0, 0.05) is 12.8 Å². The van der Waals surface area contributed by atoms with E-state index in [9.17, 15) is 9.59 Å². The molecule has 0 rings (SSSR count). The van der Waals surface area contributed by atoms with E-state index in [1.807, 2.05) is 0 Å². The summed E-state index contributed by atoms with van der Waals surface area (Å²) in [6.07, 6.45) is 2.91. The summed E-state index contributed by atoms with van der Waals surface area (Å²) in [5.74, 6) is 2.66. The van der Waals surface area contributed by atoms with Crippen LogP contribution in [0.25, 0.3) is 0 Å². The molecule has 4 heteroatoms. The Labute approximate surface area is 105 Å². The Bertz CT molecular complexity index is 318. The van der Waals surface area contributed by atoms with Crippen LogP contribution >= 0.6 is 0 Å². The van der Waals surface area contributed by atoms with E-state index in [4.69, 9.17) is 0 Å². The van der Waals surface area contributed by atoms with Crippen molar-refractivity contribution in [1.29, 1.82) is 0 Å². The molecule has 0 unspecified atom stereocenters. The lowest BCUT2D eigenvalue weighted by atomic mass is 10.1. The molecule has 0 amide bonds. The molecule has 3 nitrogen and oxygen atoms in total. The van der Waals surface area contributed by atoms with Crippen molar-refractivity contribution in [3.05, 3.63) is 0 Å². The first-order valence-electron chi connectivity index (χ1n) is 5.93. The van der Waals surface area contributed by atoms with Crippen molar-refractivity contribution in [2.45, 2.75) is 51.7 Å². The second-order valence-corrected chi connectivity index (χ2v) is 9.80. The predicted molar refractivity (Wildman–Crippen MR) is 71.2 cm³/mol. The first-order chi connectivity index (χ1) is 7.85. The van der Waals surface area contributed by atoms with Gasteiger partial charge in [0.1, 0.15) is 20.3 Å². The maximum atomic E-state index is 11.3. The summed E-state index contributed by atoms with van der Waals surface area (Å²) in [7, 11) is 0.0381. The van der Waals surface area contributed by atoms with E-state index in [0.717, 1.165) is 19.3 Å². The van der Waals surface area contributed by atoms with Crippen molar-refractivity contribution >= 4 is 19.8 Å². The van der Waals surface area contributed by atoms with Gasteiger partial charge in [-0.1, -0.05) is 19.6 Å². The van der Waals surface area contributed by atoms with E-state index in [1.54, 1.807) is 0 Å². The van der Waals surface area contributed by atoms with Gasteiger partial charge in [0.25, 0.3) is 0 Å². The lowest BCUT2D eigenvalue weighted by molar-refractivity contribution is -0.143. The van der Waals surface area contributed by atoms with E-state index >= 15 is 0 Å². The highest BCUT2D eigenvalue weighted by atomic mass is 28.3. The average Bonchev–Trinajstić information content (AvgIpc) is 2.21. The average molecular weight is 254 g/mol. The van der Waals surface area contributed by atoms with Gasteiger partial charge in [-0.25, -0.2) is 0 Å². The molecule has 96 valence electrons. The second-order valence-electron chi connectivity index (χ2n) is 5.05. The molecule has 0 saturated carbocycles. The van der Waals surface area contributed by atoms with E-state index < -0.39 is 14.0 Å². The molecule has 0 bridgehead atoms. The van der Waals surface area contributed by atoms with Gasteiger partial charge in [0.15, 0.2) is 0 Å². The van der Waals surface area contributed by atoms with Gasteiger partial charge in [-0.15, -0.1) is 11.5 Å². The molecular weight excluding hydrogens is 232 g/mol. The standard InChI is InChI=1S/C13H22O3Si/c1-16-13(15)11-12(14)9-7-5-6-8-10-17(2,3)4/h5-7,9,11H2,1-4H3. The number of hydrogen-bond acceptors (Lipinski definition) is 3. The molecular formula is C13H22O3Si. The number of rotatable bonds is 6. The zero-order valence-electron chi connectivity index (χ0n) is 11.3. The highest BCUT2D eigenvalue weighted by Gasteiger charge is 2.09. The Morgan fingerprint density at radius 2 is 1.82 bits per heavy atom. The van der Waals surface area contributed by atoms with Crippen LogP contribution in [0.5, 0.6) is 0 Å². The Morgan fingerprint density at radius 1 is 1.18 bits per heavy atom. The Hall–Kier alpha value is -1.08. The van der Waals surface area contributed by atoms with Crippen LogP contribution in [0.1, 0.15) is 32.1 Å². The number of carbonyl (C=O) groups excluding carboxylic acids is 2. The van der Waals surface area contributed by atoms with Crippen LogP contribution in [0.3, 0.4) is 0 Å². The molecule has 0 aromatic heterocycles. The summed E-state index contributed by atoms with van der Waals surface area (Å²) >= 11 is 0. The van der Waals surface area contributed by atoms with E-state index in [1.165, 1.54) is 7.11 Å². The predicted octanol–water partition coefficient (Wildman–Crippen LogP) is 2.56.